The fraction of sp³-hybridized carbons (Fsp3) is 0.233. The van der Waals surface area contributed by atoms with Crippen LogP contribution in [0.15, 0.2) is 104 Å². The highest BCUT2D eigenvalue weighted by Crippen LogP contribution is 2.40. The molecule has 190 valence electrons. The number of rotatable bonds is 8. The van der Waals surface area contributed by atoms with Gasteiger partial charge in [0, 0.05) is 12.6 Å². The van der Waals surface area contributed by atoms with E-state index in [0.717, 1.165) is 16.7 Å². The largest absolute Gasteiger partial charge is 0.480 e. The summed E-state index contributed by atoms with van der Waals surface area (Å²) in [6.07, 6.45) is 2.81. The zero-order chi connectivity index (χ0) is 27.2. The summed E-state index contributed by atoms with van der Waals surface area (Å²) >= 11 is 0. The maximum Gasteiger partial charge on any atom is 0.408 e. The maximum absolute atomic E-state index is 12.4. The van der Waals surface area contributed by atoms with Crippen molar-refractivity contribution in [2.24, 2.45) is 0 Å². The third-order valence-corrected chi connectivity index (χ3v) is 5.99. The number of ether oxygens (including phenoxy) is 1. The number of nitrogens with zero attached hydrogens (tertiary/aromatic N) is 2. The number of benzene rings is 3. The summed E-state index contributed by atoms with van der Waals surface area (Å²) < 4.78 is 14.4. The number of amides is 1. The number of imidazole rings is 1. The van der Waals surface area contributed by atoms with Crippen molar-refractivity contribution in [2.75, 3.05) is 0 Å². The first-order chi connectivity index (χ1) is 18.2. The predicted octanol–water partition coefficient (Wildman–Crippen LogP) is 5.24. The topological polar surface area (TPSA) is 93.5 Å². The van der Waals surface area contributed by atoms with Crippen molar-refractivity contribution in [1.82, 2.24) is 14.9 Å². The number of carboxylic acid groups (broad SMARTS) is 1. The van der Waals surface area contributed by atoms with Crippen molar-refractivity contribution >= 4 is 12.1 Å². The number of carbonyl (C=O) groups is 2. The SMILES string of the molecule is [2H]OC(=O)[C@H](Cc1cn(C(c2ccccc2)(c2ccccc2)c2ccccc2)cn1)NC(=O)OC(C)(C)C. The van der Waals surface area contributed by atoms with Crippen LogP contribution in [0.2, 0.25) is 0 Å². The van der Waals surface area contributed by atoms with Crippen molar-refractivity contribution in [2.45, 2.75) is 44.4 Å². The normalized spacial score (nSPS) is 12.8. The number of aromatic nitrogens is 2. The lowest BCUT2D eigenvalue weighted by Gasteiger charge is -2.37. The van der Waals surface area contributed by atoms with Crippen LogP contribution in [0.25, 0.3) is 1.43 Å². The van der Waals surface area contributed by atoms with Gasteiger partial charge in [-0.05, 0) is 37.5 Å². The molecule has 0 saturated heterocycles. The molecule has 0 radical (unpaired) electrons. The first-order valence-electron chi connectivity index (χ1n) is 12.5. The molecule has 3 aromatic carbocycles. The Morgan fingerprint density at radius 2 is 1.41 bits per heavy atom. The van der Waals surface area contributed by atoms with E-state index >= 15 is 0 Å². The smallest absolute Gasteiger partial charge is 0.408 e. The van der Waals surface area contributed by atoms with Crippen LogP contribution in [-0.2, 0) is 21.5 Å². The van der Waals surface area contributed by atoms with Gasteiger partial charge in [0.2, 0.25) is 0 Å². The number of alkyl carbamates (subject to hydrolysis) is 1. The van der Waals surface area contributed by atoms with E-state index in [0.29, 0.717) is 5.69 Å². The lowest BCUT2D eigenvalue weighted by Crippen LogP contribution is -2.44. The third-order valence-electron chi connectivity index (χ3n) is 5.99. The minimum Gasteiger partial charge on any atom is -0.480 e. The second kappa shape index (κ2) is 10.7. The summed E-state index contributed by atoms with van der Waals surface area (Å²) in [5.74, 6) is -0.911. The van der Waals surface area contributed by atoms with E-state index in [1.807, 2.05) is 65.4 Å². The van der Waals surface area contributed by atoms with Gasteiger partial charge in [0.05, 0.1) is 12.0 Å². The van der Waals surface area contributed by atoms with E-state index in [2.05, 4.69) is 51.8 Å². The Bertz CT molecular complexity index is 1260. The predicted molar refractivity (Wildman–Crippen MR) is 141 cm³/mol. The molecular weight excluding hydrogens is 466 g/mol. The molecule has 1 atom stereocenters. The average Bonchev–Trinajstić information content (AvgIpc) is 3.38. The Morgan fingerprint density at radius 3 is 1.84 bits per heavy atom. The van der Waals surface area contributed by atoms with E-state index in [4.69, 9.17) is 6.17 Å². The fourth-order valence-corrected chi connectivity index (χ4v) is 4.49. The molecular formula is C30H31N3O4. The van der Waals surface area contributed by atoms with Gasteiger partial charge in [0.15, 0.2) is 0 Å². The number of hydrogen-bond acceptors (Lipinski definition) is 5. The van der Waals surface area contributed by atoms with Gasteiger partial charge in [0.1, 0.15) is 17.2 Å². The van der Waals surface area contributed by atoms with E-state index in [-0.39, 0.29) is 6.42 Å². The van der Waals surface area contributed by atoms with Gasteiger partial charge in [0.25, 0.3) is 1.43 Å². The molecule has 0 fully saturated rings. The van der Waals surface area contributed by atoms with Crippen LogP contribution in [0.3, 0.4) is 0 Å². The van der Waals surface area contributed by atoms with Crippen LogP contribution >= 0.6 is 0 Å². The molecule has 7 heteroatoms. The molecule has 0 spiro atoms. The highest BCUT2D eigenvalue weighted by molar-refractivity contribution is 5.80. The van der Waals surface area contributed by atoms with E-state index in [9.17, 15) is 9.59 Å². The van der Waals surface area contributed by atoms with E-state index in [1.54, 1.807) is 27.1 Å². The van der Waals surface area contributed by atoms with Crippen molar-refractivity contribution in [1.29, 1.82) is 1.43 Å². The van der Waals surface area contributed by atoms with Gasteiger partial charge in [-0.2, -0.15) is 0 Å². The molecule has 0 aliphatic carbocycles. The lowest BCUT2D eigenvalue weighted by molar-refractivity contribution is -0.139. The number of aliphatic carboxylic acids is 1. The van der Waals surface area contributed by atoms with Crippen LogP contribution < -0.4 is 5.32 Å². The zero-order valence-corrected chi connectivity index (χ0v) is 21.1. The van der Waals surface area contributed by atoms with Crippen LogP contribution in [0.5, 0.6) is 0 Å². The molecule has 0 bridgehead atoms. The standard InChI is InChI=1S/C30H31N3O4/c1-29(2,3)37-28(36)32-26(27(34)35)19-25-20-33(21-31-25)30(22-13-7-4-8-14-22,23-15-9-5-10-16-23)24-17-11-6-12-18-24/h4-18,20-21,26H,19H2,1-3H3,(H,32,36)(H,34,35)/t26-/m0/s1/i/hD. The molecule has 0 aliphatic rings. The first-order valence-corrected chi connectivity index (χ1v) is 12.1. The fourth-order valence-electron chi connectivity index (χ4n) is 4.49. The highest BCUT2D eigenvalue weighted by Gasteiger charge is 2.38. The maximum atomic E-state index is 12.4. The van der Waals surface area contributed by atoms with Crippen LogP contribution in [0.4, 0.5) is 4.79 Å². The molecule has 1 heterocycles. The van der Waals surface area contributed by atoms with Crippen LogP contribution in [0.1, 0.15) is 43.2 Å². The zero-order valence-electron chi connectivity index (χ0n) is 22.1. The Morgan fingerprint density at radius 1 is 0.919 bits per heavy atom. The molecule has 1 amide bonds. The van der Waals surface area contributed by atoms with Gasteiger partial charge in [-0.15, -0.1) is 0 Å². The average molecular weight is 499 g/mol. The Balaban J connectivity index is 1.79. The summed E-state index contributed by atoms with van der Waals surface area (Å²) in [4.78, 5) is 29.3. The lowest BCUT2D eigenvalue weighted by atomic mass is 9.77. The summed E-state index contributed by atoms with van der Waals surface area (Å²) in [6.45, 7) is 5.17. The summed E-state index contributed by atoms with van der Waals surface area (Å²) in [6, 6.07) is 29.2. The highest BCUT2D eigenvalue weighted by atomic mass is 16.6. The molecule has 2 N–H and O–H groups in total. The first kappa shape index (κ1) is 24.3. The van der Waals surface area contributed by atoms with E-state index in [1.165, 1.54) is 0 Å². The molecule has 0 aliphatic heterocycles. The van der Waals surface area contributed by atoms with Gasteiger partial charge >= 0.3 is 12.1 Å². The quantitative estimate of drug-likeness (QED) is 0.324. The monoisotopic (exact) mass is 498 g/mol. The summed E-state index contributed by atoms with van der Waals surface area (Å²) in [7, 11) is 0. The number of hydrogen-bond donors (Lipinski definition) is 2. The summed E-state index contributed by atoms with van der Waals surface area (Å²) in [5.41, 5.74) is 2.09. The van der Waals surface area contributed by atoms with E-state index < -0.39 is 29.2 Å². The minimum absolute atomic E-state index is 0.0123. The van der Waals surface area contributed by atoms with Crippen molar-refractivity contribution < 1.29 is 19.4 Å². The van der Waals surface area contributed by atoms with Gasteiger partial charge in [-0.25, -0.2) is 14.6 Å². The van der Waals surface area contributed by atoms with Crippen LogP contribution in [0, 0.1) is 0 Å². The molecule has 1 aromatic heterocycles. The third kappa shape index (κ3) is 5.72. The number of nitrogens with one attached hydrogen (secondary N) is 1. The Hall–Kier alpha value is -4.39. The Labute approximate surface area is 218 Å². The molecule has 4 aromatic rings. The van der Waals surface area contributed by atoms with Gasteiger partial charge < -0.3 is 19.7 Å². The summed E-state index contributed by atoms with van der Waals surface area (Å²) in [5, 5.41) is 6.71. The molecule has 4 rings (SSSR count). The molecule has 0 unspecified atom stereocenters. The number of carbonyl (C=O) groups excluding carboxylic acids is 1. The minimum atomic E-state index is -1.15. The molecule has 37 heavy (non-hydrogen) atoms. The molecule has 0 saturated carbocycles. The molecule has 7 nitrogen and oxygen atoms in total. The second-order valence-corrected chi connectivity index (χ2v) is 9.80. The van der Waals surface area contributed by atoms with Crippen molar-refractivity contribution in [3.05, 3.63) is 126 Å². The van der Waals surface area contributed by atoms with Crippen molar-refractivity contribution in [3.8, 4) is 0 Å². The van der Waals surface area contributed by atoms with Gasteiger partial charge in [-0.1, -0.05) is 91.0 Å². The van der Waals surface area contributed by atoms with Crippen molar-refractivity contribution in [3.63, 3.8) is 0 Å². The van der Waals surface area contributed by atoms with Crippen LogP contribution in [-0.4, -0.2) is 38.4 Å². The van der Waals surface area contributed by atoms with Gasteiger partial charge in [-0.3, -0.25) is 0 Å². The second-order valence-electron chi connectivity index (χ2n) is 9.80. The number of carboxylic acids is 1. The Kier molecular flexibility index (Phi) is 7.03.